The number of benzene rings is 4. The van der Waals surface area contributed by atoms with Crippen LogP contribution in [0.2, 0.25) is 0 Å². The molecule has 7 rings (SSSR count). The number of nitrogens with zero attached hydrogens (tertiary/aromatic N) is 3. The first-order chi connectivity index (χ1) is 27.4. The highest BCUT2D eigenvalue weighted by molar-refractivity contribution is 7.85. The maximum Gasteiger partial charge on any atom is 0.337 e. The molecule has 1 aromatic heterocycles. The topological polar surface area (TPSA) is 168 Å². The Balaban J connectivity index is 1.38. The van der Waals surface area contributed by atoms with Gasteiger partial charge in [0.15, 0.2) is 5.71 Å². The van der Waals surface area contributed by atoms with Gasteiger partial charge in [0, 0.05) is 65.0 Å². The molecule has 0 amide bonds. The molecule has 300 valence electrons. The van der Waals surface area contributed by atoms with Gasteiger partial charge >= 0.3 is 5.97 Å². The summed E-state index contributed by atoms with van der Waals surface area (Å²) in [6, 6.07) is 27.5. The molecular formula is C45H45N3O8S2. The molecule has 0 radical (unpaired) electrons. The van der Waals surface area contributed by atoms with E-state index < -0.39 is 48.5 Å². The third-order valence-electron chi connectivity index (χ3n) is 11.2. The number of pyridine rings is 1. The highest BCUT2D eigenvalue weighted by Crippen LogP contribution is 2.51. The summed E-state index contributed by atoms with van der Waals surface area (Å²) >= 11 is 0. The Morgan fingerprint density at radius 2 is 1.48 bits per heavy atom. The summed E-state index contributed by atoms with van der Waals surface area (Å²) in [6.07, 6.45) is 9.40. The summed E-state index contributed by atoms with van der Waals surface area (Å²) in [7, 11) is -8.63. The fourth-order valence-corrected chi connectivity index (χ4v) is 9.59. The van der Waals surface area contributed by atoms with Crippen molar-refractivity contribution in [3.63, 3.8) is 0 Å². The van der Waals surface area contributed by atoms with Crippen LogP contribution in [0.5, 0.6) is 0 Å². The number of allylic oxidation sites excluding steroid dienone is 6. The fraction of sp³-hybridized carbons (Fsp3) is 0.267. The summed E-state index contributed by atoms with van der Waals surface area (Å²) in [6.45, 7) is 9.06. The third kappa shape index (κ3) is 7.99. The minimum absolute atomic E-state index is 0.0304. The van der Waals surface area contributed by atoms with Gasteiger partial charge in [-0.25, -0.2) is 13.2 Å². The van der Waals surface area contributed by atoms with Crippen LogP contribution in [0, 0.1) is 0 Å². The summed E-state index contributed by atoms with van der Waals surface area (Å²) in [4.78, 5) is 18.4. The molecule has 0 aliphatic carbocycles. The van der Waals surface area contributed by atoms with Crippen molar-refractivity contribution in [3.05, 3.63) is 144 Å². The van der Waals surface area contributed by atoms with Crippen LogP contribution >= 0.6 is 0 Å². The van der Waals surface area contributed by atoms with Gasteiger partial charge in [0.25, 0.3) is 10.1 Å². The molecule has 0 bridgehead atoms. The Morgan fingerprint density at radius 3 is 2.10 bits per heavy atom. The number of carboxylic acids is 1. The second-order valence-electron chi connectivity index (χ2n) is 15.8. The third-order valence-corrected chi connectivity index (χ3v) is 12.8. The van der Waals surface area contributed by atoms with E-state index in [1.54, 1.807) is 6.07 Å². The van der Waals surface area contributed by atoms with Gasteiger partial charge < -0.3 is 14.6 Å². The maximum absolute atomic E-state index is 11.8. The molecule has 0 unspecified atom stereocenters. The van der Waals surface area contributed by atoms with Crippen molar-refractivity contribution in [3.8, 4) is 0 Å². The van der Waals surface area contributed by atoms with Crippen LogP contribution in [-0.2, 0) is 31.1 Å². The highest BCUT2D eigenvalue weighted by atomic mass is 32.2. The minimum atomic E-state index is -4.44. The monoisotopic (exact) mass is 819 g/mol. The molecule has 4 aromatic carbocycles. The Hall–Kier alpha value is -5.47. The van der Waals surface area contributed by atoms with Crippen molar-refractivity contribution in [1.29, 1.82) is 0 Å². The van der Waals surface area contributed by atoms with E-state index in [9.17, 15) is 35.8 Å². The van der Waals surface area contributed by atoms with E-state index >= 15 is 0 Å². The molecule has 11 nitrogen and oxygen atoms in total. The van der Waals surface area contributed by atoms with E-state index in [0.717, 1.165) is 55.5 Å². The zero-order valence-corrected chi connectivity index (χ0v) is 34.3. The largest absolute Gasteiger partial charge is 0.748 e. The van der Waals surface area contributed by atoms with Crippen LogP contribution in [0.25, 0.3) is 27.1 Å². The van der Waals surface area contributed by atoms with Crippen LogP contribution < -0.4 is 4.90 Å². The number of fused-ring (bicyclic) bond motifs is 6. The van der Waals surface area contributed by atoms with E-state index in [-0.39, 0.29) is 24.9 Å². The van der Waals surface area contributed by atoms with Crippen molar-refractivity contribution in [2.24, 2.45) is 0 Å². The average molecular weight is 820 g/mol. The summed E-state index contributed by atoms with van der Waals surface area (Å²) in [5.41, 5.74) is 5.82. The number of hydrogen-bond donors (Lipinski definition) is 2. The SMILES string of the molecule is CC1(C)C(/C=C/C(=C/C=C2/N(CCCS(=O)(=O)O)c3ccc4ccccc4c3C2(C)C)c2ccc(C(=O)O)cn2)=[N+](CCCS(=O)(=O)[O-])c2ccc3ccccc3c21. The van der Waals surface area contributed by atoms with Crippen LogP contribution in [0.3, 0.4) is 0 Å². The predicted octanol–water partition coefficient (Wildman–Crippen LogP) is 8.00. The molecule has 58 heavy (non-hydrogen) atoms. The number of anilines is 1. The van der Waals surface area contributed by atoms with E-state index in [4.69, 9.17) is 0 Å². The van der Waals surface area contributed by atoms with Crippen molar-refractivity contribution in [1.82, 2.24) is 4.98 Å². The lowest BCUT2D eigenvalue weighted by Gasteiger charge is -2.27. The maximum atomic E-state index is 11.8. The van der Waals surface area contributed by atoms with Crippen LogP contribution in [0.15, 0.2) is 121 Å². The minimum Gasteiger partial charge on any atom is -0.748 e. The van der Waals surface area contributed by atoms with Gasteiger partial charge in [-0.1, -0.05) is 74.5 Å². The zero-order chi connectivity index (χ0) is 41.6. The molecule has 0 fully saturated rings. The quantitative estimate of drug-likeness (QED) is 0.0675. The standard InChI is InChI=1S/C45H45N3O8S2/c1-44(2)39(47(25-9-27-57(51,52)53)37-21-16-30-11-5-7-13-34(30)41(37)44)23-18-32(36-20-15-33(29-46-36)43(49)50)19-24-40-45(3,4)42-35-14-8-6-12-31(35)17-22-38(42)48(40)26-10-28-58(54,55)56/h5-8,11-24,29H,9-10,25-28H2,1-4H3,(H2-,49,50,51,52,53,54,55,56). The molecule has 3 heterocycles. The number of carbonyl (C=O) groups is 1. The molecule has 13 heteroatoms. The smallest absolute Gasteiger partial charge is 0.337 e. The lowest BCUT2D eigenvalue weighted by molar-refractivity contribution is -0.437. The Bertz CT molecular complexity index is 2820. The molecule has 2 aliphatic heterocycles. The Labute approximate surface area is 338 Å². The normalized spacial score (nSPS) is 17.2. The molecule has 2 aliphatic rings. The van der Waals surface area contributed by atoms with E-state index in [1.807, 2.05) is 78.9 Å². The molecule has 5 aromatic rings. The van der Waals surface area contributed by atoms with Gasteiger partial charge in [0.05, 0.1) is 32.5 Å². The van der Waals surface area contributed by atoms with Crippen LogP contribution in [0.4, 0.5) is 11.4 Å². The van der Waals surface area contributed by atoms with Crippen LogP contribution in [-0.4, -0.2) is 76.9 Å². The highest BCUT2D eigenvalue weighted by Gasteiger charge is 2.45. The van der Waals surface area contributed by atoms with Crippen LogP contribution in [0.1, 0.15) is 67.7 Å². The Kier molecular flexibility index (Phi) is 10.8. The molecule has 2 N–H and O–H groups in total. The summed E-state index contributed by atoms with van der Waals surface area (Å²) in [5.74, 6) is -2.01. The summed E-state index contributed by atoms with van der Waals surface area (Å²) < 4.78 is 70.2. The second kappa shape index (κ2) is 15.4. The van der Waals surface area contributed by atoms with E-state index in [2.05, 4.69) is 60.4 Å². The van der Waals surface area contributed by atoms with Crippen molar-refractivity contribution >= 4 is 70.4 Å². The van der Waals surface area contributed by atoms with Gasteiger partial charge in [-0.3, -0.25) is 9.54 Å². The van der Waals surface area contributed by atoms with E-state index in [1.165, 1.54) is 12.3 Å². The van der Waals surface area contributed by atoms with Gasteiger partial charge in [-0.15, -0.1) is 0 Å². The molecule has 0 saturated heterocycles. The second-order valence-corrected chi connectivity index (χ2v) is 18.9. The lowest BCUT2D eigenvalue weighted by atomic mass is 9.79. The lowest BCUT2D eigenvalue weighted by Crippen LogP contribution is -2.28. The first-order valence-corrected chi connectivity index (χ1v) is 22.2. The van der Waals surface area contributed by atoms with Gasteiger partial charge in [0.2, 0.25) is 5.69 Å². The average Bonchev–Trinajstić information content (AvgIpc) is 3.52. The first-order valence-electron chi connectivity index (χ1n) is 19.0. The van der Waals surface area contributed by atoms with Crippen molar-refractivity contribution in [2.45, 2.75) is 51.4 Å². The first kappa shape index (κ1) is 40.7. The van der Waals surface area contributed by atoms with Crippen molar-refractivity contribution in [2.75, 3.05) is 29.5 Å². The number of aromatic nitrogens is 1. The van der Waals surface area contributed by atoms with Gasteiger partial charge in [-0.05, 0) is 83.8 Å². The van der Waals surface area contributed by atoms with Gasteiger partial charge in [0.1, 0.15) is 6.54 Å². The number of aromatic carboxylic acids is 1. The molecule has 0 spiro atoms. The molecule has 0 saturated carbocycles. The van der Waals surface area contributed by atoms with Gasteiger partial charge in [-0.2, -0.15) is 13.0 Å². The Morgan fingerprint density at radius 1 is 0.828 bits per heavy atom. The van der Waals surface area contributed by atoms with E-state index in [0.29, 0.717) is 17.8 Å². The number of carboxylic acid groups (broad SMARTS) is 1. The predicted molar refractivity (Wildman–Crippen MR) is 228 cm³/mol. The van der Waals surface area contributed by atoms with Crippen molar-refractivity contribution < 1.29 is 40.4 Å². The number of rotatable bonds is 13. The summed E-state index contributed by atoms with van der Waals surface area (Å²) in [5, 5.41) is 13.9. The molecule has 0 atom stereocenters. The fourth-order valence-electron chi connectivity index (χ4n) is 8.61. The zero-order valence-electron chi connectivity index (χ0n) is 32.7. The number of hydrogen-bond acceptors (Lipinski definition) is 8. The molecular weight excluding hydrogens is 775 g/mol.